The molecule has 2 aromatic carbocycles. The van der Waals surface area contributed by atoms with E-state index in [1.165, 1.54) is 5.56 Å². The number of ether oxygens (including phenoxy) is 2. The van der Waals surface area contributed by atoms with Crippen molar-refractivity contribution in [1.29, 1.82) is 0 Å². The highest BCUT2D eigenvalue weighted by molar-refractivity contribution is 5.92. The predicted octanol–water partition coefficient (Wildman–Crippen LogP) is 7.71. The van der Waals surface area contributed by atoms with Crippen LogP contribution in [0.15, 0.2) is 36.4 Å². The summed E-state index contributed by atoms with van der Waals surface area (Å²) in [5.41, 5.74) is 4.23. The lowest BCUT2D eigenvalue weighted by atomic mass is 9.77. The van der Waals surface area contributed by atoms with Gasteiger partial charge < -0.3 is 9.47 Å². The second kappa shape index (κ2) is 10.6. The first kappa shape index (κ1) is 27.0. The van der Waals surface area contributed by atoms with Crippen LogP contribution < -0.4 is 4.74 Å². The number of carbonyl (C=O) groups excluding carboxylic acids is 2. The van der Waals surface area contributed by atoms with Gasteiger partial charge in [0.05, 0.1) is 12.2 Å². The molecule has 0 N–H and O–H groups in total. The molecule has 0 saturated carbocycles. The molecule has 0 aromatic heterocycles. The number of rotatable bonds is 8. The van der Waals surface area contributed by atoms with Crippen LogP contribution in [0.5, 0.6) is 5.75 Å². The second-order valence-electron chi connectivity index (χ2n) is 11.9. The number of benzene rings is 2. The summed E-state index contributed by atoms with van der Waals surface area (Å²) in [4.78, 5) is 25.7. The van der Waals surface area contributed by atoms with E-state index >= 15 is 0 Å². The molecule has 2 atom stereocenters. The molecule has 0 amide bonds. The lowest BCUT2D eigenvalue weighted by molar-refractivity contribution is -0.133. The Morgan fingerprint density at radius 2 is 1.66 bits per heavy atom. The minimum atomic E-state index is -0.503. The van der Waals surface area contributed by atoms with Crippen LogP contribution in [0.25, 0.3) is 0 Å². The van der Waals surface area contributed by atoms with E-state index in [-0.39, 0.29) is 22.8 Å². The highest BCUT2D eigenvalue weighted by Crippen LogP contribution is 2.47. The average Bonchev–Trinajstić information content (AvgIpc) is 3.12. The van der Waals surface area contributed by atoms with Crippen LogP contribution >= 0.6 is 0 Å². The molecule has 3 rings (SSSR count). The van der Waals surface area contributed by atoms with Gasteiger partial charge in [-0.1, -0.05) is 98.9 Å². The topological polar surface area (TPSA) is 52.6 Å². The first-order chi connectivity index (χ1) is 16.4. The quantitative estimate of drug-likeness (QED) is 0.288. The summed E-state index contributed by atoms with van der Waals surface area (Å²) in [6.07, 6.45) is 4.38. The van der Waals surface area contributed by atoms with Gasteiger partial charge in [-0.3, -0.25) is 4.79 Å². The minimum absolute atomic E-state index is 0.0632. The fraction of sp³-hybridized carbons (Fsp3) is 0.548. The second-order valence-corrected chi connectivity index (χ2v) is 11.9. The van der Waals surface area contributed by atoms with E-state index in [0.29, 0.717) is 23.8 Å². The third kappa shape index (κ3) is 6.15. The Kier molecular flexibility index (Phi) is 8.14. The van der Waals surface area contributed by atoms with Crippen LogP contribution in [0, 0.1) is 5.92 Å². The SMILES string of the molecule is CCCCC(CC)COC(=O)c1ccc(C2C(=O)Oc3c2cc(C(C)(C)C)cc3C(C)(C)C)cc1. The molecule has 4 heteroatoms. The molecular weight excluding hydrogens is 436 g/mol. The van der Waals surface area contributed by atoms with E-state index in [0.717, 1.165) is 42.4 Å². The van der Waals surface area contributed by atoms with Crippen molar-refractivity contribution in [1.82, 2.24) is 0 Å². The summed E-state index contributed by atoms with van der Waals surface area (Å²) in [6, 6.07) is 11.5. The molecule has 35 heavy (non-hydrogen) atoms. The number of hydrogen-bond donors (Lipinski definition) is 0. The van der Waals surface area contributed by atoms with E-state index in [4.69, 9.17) is 9.47 Å². The summed E-state index contributed by atoms with van der Waals surface area (Å²) in [5.74, 6) is -0.00449. The van der Waals surface area contributed by atoms with Gasteiger partial charge in [0.1, 0.15) is 11.7 Å². The Bertz CT molecular complexity index is 1050. The molecule has 0 bridgehead atoms. The Morgan fingerprint density at radius 1 is 1.00 bits per heavy atom. The molecule has 190 valence electrons. The molecule has 0 fully saturated rings. The molecule has 0 saturated heterocycles. The number of carbonyl (C=O) groups is 2. The molecule has 0 aliphatic carbocycles. The fourth-order valence-corrected chi connectivity index (χ4v) is 4.56. The highest BCUT2D eigenvalue weighted by atomic mass is 16.5. The van der Waals surface area contributed by atoms with Gasteiger partial charge in [-0.2, -0.15) is 0 Å². The molecular formula is C31H42O4. The zero-order valence-electron chi connectivity index (χ0n) is 22.8. The van der Waals surface area contributed by atoms with Gasteiger partial charge in [-0.25, -0.2) is 4.79 Å². The van der Waals surface area contributed by atoms with Crippen molar-refractivity contribution in [3.8, 4) is 5.75 Å². The van der Waals surface area contributed by atoms with Gasteiger partial charge in [0, 0.05) is 11.1 Å². The number of hydrogen-bond acceptors (Lipinski definition) is 4. The van der Waals surface area contributed by atoms with Gasteiger partial charge in [-0.05, 0) is 46.4 Å². The van der Waals surface area contributed by atoms with E-state index in [1.54, 1.807) is 12.1 Å². The fourth-order valence-electron chi connectivity index (χ4n) is 4.56. The van der Waals surface area contributed by atoms with Crippen molar-refractivity contribution in [3.63, 3.8) is 0 Å². The van der Waals surface area contributed by atoms with Crippen LogP contribution in [-0.2, 0) is 20.4 Å². The number of esters is 2. The molecule has 2 aromatic rings. The Morgan fingerprint density at radius 3 is 2.20 bits per heavy atom. The van der Waals surface area contributed by atoms with Crippen molar-refractivity contribution in [2.24, 2.45) is 5.92 Å². The highest BCUT2D eigenvalue weighted by Gasteiger charge is 2.39. The lowest BCUT2D eigenvalue weighted by Crippen LogP contribution is -2.17. The van der Waals surface area contributed by atoms with Crippen molar-refractivity contribution in [2.45, 2.75) is 97.8 Å². The van der Waals surface area contributed by atoms with Crippen LogP contribution in [-0.4, -0.2) is 18.5 Å². The zero-order chi connectivity index (χ0) is 26.0. The average molecular weight is 479 g/mol. The molecule has 4 nitrogen and oxygen atoms in total. The van der Waals surface area contributed by atoms with Crippen LogP contribution in [0.4, 0.5) is 0 Å². The lowest BCUT2D eigenvalue weighted by Gasteiger charge is -2.27. The Labute approximate surface area is 211 Å². The van der Waals surface area contributed by atoms with E-state index < -0.39 is 5.92 Å². The van der Waals surface area contributed by atoms with Crippen LogP contribution in [0.1, 0.15) is 120 Å². The third-order valence-corrected chi connectivity index (χ3v) is 7.01. The van der Waals surface area contributed by atoms with Crippen molar-refractivity contribution in [2.75, 3.05) is 6.61 Å². The van der Waals surface area contributed by atoms with Crippen molar-refractivity contribution < 1.29 is 19.1 Å². The summed E-state index contributed by atoms with van der Waals surface area (Å²) in [5, 5.41) is 0. The molecule has 2 unspecified atom stereocenters. The van der Waals surface area contributed by atoms with Gasteiger partial charge in [0.25, 0.3) is 0 Å². The largest absolute Gasteiger partial charge is 0.462 e. The third-order valence-electron chi connectivity index (χ3n) is 7.01. The summed E-state index contributed by atoms with van der Waals surface area (Å²) >= 11 is 0. The molecule has 1 heterocycles. The maximum Gasteiger partial charge on any atom is 0.338 e. The van der Waals surface area contributed by atoms with Gasteiger partial charge >= 0.3 is 11.9 Å². The van der Waals surface area contributed by atoms with Crippen molar-refractivity contribution in [3.05, 3.63) is 64.2 Å². The van der Waals surface area contributed by atoms with Gasteiger partial charge in [0.2, 0.25) is 0 Å². The standard InChI is InChI=1S/C31H42O4/c1-9-11-12-20(10-2)19-34-28(32)22-15-13-21(14-16-22)26-24-17-23(30(3,4)5)18-25(31(6,7)8)27(24)35-29(26)33/h13-18,20,26H,9-12,19H2,1-8H3. The van der Waals surface area contributed by atoms with E-state index in [1.807, 2.05) is 12.1 Å². The summed E-state index contributed by atoms with van der Waals surface area (Å²) < 4.78 is 11.5. The summed E-state index contributed by atoms with van der Waals surface area (Å²) in [7, 11) is 0. The smallest absolute Gasteiger partial charge is 0.338 e. The van der Waals surface area contributed by atoms with Crippen LogP contribution in [0.3, 0.4) is 0 Å². The monoisotopic (exact) mass is 478 g/mol. The zero-order valence-corrected chi connectivity index (χ0v) is 22.8. The van der Waals surface area contributed by atoms with E-state index in [9.17, 15) is 9.59 Å². The Balaban J connectivity index is 1.87. The summed E-state index contributed by atoms with van der Waals surface area (Å²) in [6.45, 7) is 17.7. The predicted molar refractivity (Wildman–Crippen MR) is 141 cm³/mol. The maximum atomic E-state index is 13.1. The first-order valence-corrected chi connectivity index (χ1v) is 13.0. The molecule has 0 radical (unpaired) electrons. The van der Waals surface area contributed by atoms with Crippen molar-refractivity contribution >= 4 is 11.9 Å². The maximum absolute atomic E-state index is 13.1. The number of unbranched alkanes of at least 4 members (excludes halogenated alkanes) is 1. The Hall–Kier alpha value is -2.62. The number of fused-ring (bicyclic) bond motifs is 1. The van der Waals surface area contributed by atoms with E-state index in [2.05, 4.69) is 67.5 Å². The van der Waals surface area contributed by atoms with Gasteiger partial charge in [-0.15, -0.1) is 0 Å². The normalized spacial score (nSPS) is 16.6. The minimum Gasteiger partial charge on any atom is -0.462 e. The van der Waals surface area contributed by atoms with Crippen LogP contribution in [0.2, 0.25) is 0 Å². The van der Waals surface area contributed by atoms with Gasteiger partial charge in [0.15, 0.2) is 0 Å². The molecule has 1 aliphatic heterocycles. The molecule has 0 spiro atoms. The molecule has 1 aliphatic rings. The first-order valence-electron chi connectivity index (χ1n) is 13.0.